The van der Waals surface area contributed by atoms with Gasteiger partial charge in [0.15, 0.2) is 17.6 Å². The maximum Gasteiger partial charge on any atom is 0.407 e. The van der Waals surface area contributed by atoms with E-state index in [2.05, 4.69) is 5.32 Å². The van der Waals surface area contributed by atoms with Crippen molar-refractivity contribution in [1.29, 1.82) is 0 Å². The Morgan fingerprint density at radius 2 is 1.95 bits per heavy atom. The minimum atomic E-state index is -3.67. The third kappa shape index (κ3) is 7.37. The van der Waals surface area contributed by atoms with E-state index in [-0.39, 0.29) is 6.10 Å². The Hall–Kier alpha value is -2.00. The first-order valence-corrected chi connectivity index (χ1v) is 7.77. The van der Waals surface area contributed by atoms with Crippen LogP contribution in [0.3, 0.4) is 0 Å². The maximum absolute atomic E-state index is 10.8. The molecule has 1 saturated heterocycles. The fourth-order valence-electron chi connectivity index (χ4n) is 1.45. The molecular formula is C12H17NO7S. The Bertz CT molecular complexity index is 565. The normalized spacial score (nSPS) is 17.1. The molecule has 1 amide bonds. The van der Waals surface area contributed by atoms with Crippen LogP contribution in [0, 0.1) is 0 Å². The predicted molar refractivity (Wildman–Crippen MR) is 74.2 cm³/mol. The minimum absolute atomic E-state index is 0.239. The molecule has 1 heterocycles. The van der Waals surface area contributed by atoms with Gasteiger partial charge in [-0.3, -0.25) is 4.55 Å². The summed E-state index contributed by atoms with van der Waals surface area (Å²) in [5.41, 5.74) is 0. The van der Waals surface area contributed by atoms with Crippen molar-refractivity contribution in [2.75, 3.05) is 26.5 Å². The lowest BCUT2D eigenvalue weighted by molar-refractivity contribution is 0.103. The number of ether oxygens (including phenoxy) is 3. The molecule has 0 aliphatic carbocycles. The number of nitrogens with one attached hydrogen (secondary N) is 1. The number of cyclic esters (lactones) is 1. The number of carbonyl (C=O) groups excluding carboxylic acids is 1. The number of rotatable bonds is 4. The van der Waals surface area contributed by atoms with Gasteiger partial charge in [-0.25, -0.2) is 4.79 Å². The number of hydrogen-bond donors (Lipinski definition) is 2. The second-order valence-corrected chi connectivity index (χ2v) is 5.57. The van der Waals surface area contributed by atoms with Crippen LogP contribution in [0.5, 0.6) is 11.5 Å². The summed E-state index contributed by atoms with van der Waals surface area (Å²) in [4.78, 5) is 10.8. The average molecular weight is 319 g/mol. The van der Waals surface area contributed by atoms with E-state index in [4.69, 9.17) is 18.8 Å². The van der Waals surface area contributed by atoms with Crippen LogP contribution in [0.1, 0.15) is 0 Å². The zero-order valence-corrected chi connectivity index (χ0v) is 12.4. The van der Waals surface area contributed by atoms with Crippen LogP contribution in [-0.2, 0) is 14.9 Å². The Morgan fingerprint density at radius 3 is 2.43 bits per heavy atom. The number of methoxy groups -OCH3 is 1. The van der Waals surface area contributed by atoms with Gasteiger partial charge in [0.05, 0.1) is 19.9 Å². The second-order valence-electron chi connectivity index (χ2n) is 4.10. The van der Waals surface area contributed by atoms with Crippen molar-refractivity contribution < 1.29 is 32.0 Å². The summed E-state index contributed by atoms with van der Waals surface area (Å²) in [5, 5.41) is 2.56. The molecule has 1 atom stereocenters. The van der Waals surface area contributed by atoms with Crippen LogP contribution in [0.4, 0.5) is 4.79 Å². The van der Waals surface area contributed by atoms with E-state index in [0.29, 0.717) is 30.9 Å². The summed E-state index contributed by atoms with van der Waals surface area (Å²) >= 11 is 0. The predicted octanol–water partition coefficient (Wildman–Crippen LogP) is 0.686. The topological polar surface area (TPSA) is 111 Å². The molecule has 0 radical (unpaired) electrons. The Morgan fingerprint density at radius 1 is 1.38 bits per heavy atom. The van der Waals surface area contributed by atoms with E-state index in [1.165, 1.54) is 0 Å². The zero-order valence-electron chi connectivity index (χ0n) is 11.6. The molecule has 2 rings (SSSR count). The molecule has 118 valence electrons. The SMILES string of the molecule is COc1ccccc1OCC1CNC(=O)O1.CS(=O)(=O)O. The summed E-state index contributed by atoms with van der Waals surface area (Å²) in [6.07, 6.45) is 0.0820. The van der Waals surface area contributed by atoms with Gasteiger partial charge >= 0.3 is 6.09 Å². The third-order valence-corrected chi connectivity index (χ3v) is 2.24. The smallest absolute Gasteiger partial charge is 0.407 e. The summed E-state index contributed by atoms with van der Waals surface area (Å²) in [5.74, 6) is 1.31. The molecule has 1 aliphatic rings. The number of benzene rings is 1. The third-order valence-electron chi connectivity index (χ3n) is 2.24. The maximum atomic E-state index is 10.8. The molecule has 2 N–H and O–H groups in total. The van der Waals surface area contributed by atoms with E-state index >= 15 is 0 Å². The highest BCUT2D eigenvalue weighted by atomic mass is 32.2. The van der Waals surface area contributed by atoms with E-state index in [1.54, 1.807) is 7.11 Å². The van der Waals surface area contributed by atoms with Crippen molar-refractivity contribution in [3.63, 3.8) is 0 Å². The quantitative estimate of drug-likeness (QED) is 0.785. The Kier molecular flexibility index (Phi) is 6.25. The molecule has 8 nitrogen and oxygen atoms in total. The lowest BCUT2D eigenvalue weighted by Gasteiger charge is -2.12. The van der Waals surface area contributed by atoms with E-state index in [0.717, 1.165) is 0 Å². The number of para-hydroxylation sites is 2. The van der Waals surface area contributed by atoms with Gasteiger partial charge < -0.3 is 19.5 Å². The molecule has 1 fully saturated rings. The van der Waals surface area contributed by atoms with Gasteiger partial charge in [0.2, 0.25) is 0 Å². The molecule has 0 aromatic heterocycles. The first kappa shape index (κ1) is 17.1. The van der Waals surface area contributed by atoms with E-state index in [9.17, 15) is 13.2 Å². The molecule has 0 spiro atoms. The molecule has 1 aliphatic heterocycles. The van der Waals surface area contributed by atoms with Crippen molar-refractivity contribution in [2.45, 2.75) is 6.10 Å². The summed E-state index contributed by atoms with van der Waals surface area (Å²) in [6, 6.07) is 7.34. The lowest BCUT2D eigenvalue weighted by atomic mass is 10.3. The van der Waals surface area contributed by atoms with Crippen molar-refractivity contribution in [1.82, 2.24) is 5.32 Å². The monoisotopic (exact) mass is 319 g/mol. The molecule has 9 heteroatoms. The number of hydrogen-bond acceptors (Lipinski definition) is 6. The first-order valence-electron chi connectivity index (χ1n) is 5.92. The zero-order chi connectivity index (χ0) is 15.9. The summed E-state index contributed by atoms with van der Waals surface area (Å²) in [7, 11) is -2.08. The van der Waals surface area contributed by atoms with Gasteiger partial charge in [0, 0.05) is 0 Å². The van der Waals surface area contributed by atoms with E-state index < -0.39 is 16.2 Å². The largest absolute Gasteiger partial charge is 0.493 e. The standard InChI is InChI=1S/C11H13NO4.CH4O3S/c1-14-9-4-2-3-5-10(9)15-7-8-6-12-11(13)16-8;1-5(2,3)4/h2-5,8H,6-7H2,1H3,(H,12,13);1H3,(H,2,3,4). The fourth-order valence-corrected chi connectivity index (χ4v) is 1.45. The molecule has 1 unspecified atom stereocenters. The van der Waals surface area contributed by atoms with Crippen LogP contribution >= 0.6 is 0 Å². The highest BCUT2D eigenvalue weighted by molar-refractivity contribution is 7.85. The highest BCUT2D eigenvalue weighted by Gasteiger charge is 2.23. The van der Waals surface area contributed by atoms with Crippen molar-refractivity contribution in [3.05, 3.63) is 24.3 Å². The number of alkyl carbamates (subject to hydrolysis) is 1. The fraction of sp³-hybridized carbons (Fsp3) is 0.417. The minimum Gasteiger partial charge on any atom is -0.493 e. The van der Waals surface area contributed by atoms with Crippen LogP contribution in [0.25, 0.3) is 0 Å². The lowest BCUT2D eigenvalue weighted by Crippen LogP contribution is -2.22. The van der Waals surface area contributed by atoms with Crippen LogP contribution in [-0.4, -0.2) is 51.7 Å². The molecular weight excluding hydrogens is 302 g/mol. The van der Waals surface area contributed by atoms with Crippen molar-refractivity contribution >= 4 is 16.2 Å². The summed E-state index contributed by atoms with van der Waals surface area (Å²) in [6.45, 7) is 0.799. The van der Waals surface area contributed by atoms with Gasteiger partial charge in [-0.1, -0.05) is 12.1 Å². The Labute approximate surface area is 122 Å². The van der Waals surface area contributed by atoms with Crippen LogP contribution in [0.2, 0.25) is 0 Å². The first-order chi connectivity index (χ1) is 9.79. The van der Waals surface area contributed by atoms with Gasteiger partial charge in [-0.05, 0) is 12.1 Å². The molecule has 21 heavy (non-hydrogen) atoms. The Balaban J connectivity index is 0.000000383. The van der Waals surface area contributed by atoms with Gasteiger partial charge in [0.25, 0.3) is 10.1 Å². The van der Waals surface area contributed by atoms with E-state index in [1.807, 2.05) is 24.3 Å². The number of amides is 1. The molecule has 1 aromatic rings. The summed E-state index contributed by atoms with van der Waals surface area (Å²) < 4.78 is 41.5. The van der Waals surface area contributed by atoms with Crippen molar-refractivity contribution in [2.24, 2.45) is 0 Å². The van der Waals surface area contributed by atoms with Gasteiger partial charge in [-0.2, -0.15) is 8.42 Å². The van der Waals surface area contributed by atoms with Crippen molar-refractivity contribution in [3.8, 4) is 11.5 Å². The molecule has 0 bridgehead atoms. The highest BCUT2D eigenvalue weighted by Crippen LogP contribution is 2.26. The van der Waals surface area contributed by atoms with Crippen LogP contribution in [0.15, 0.2) is 24.3 Å². The van der Waals surface area contributed by atoms with Gasteiger partial charge in [0.1, 0.15) is 6.61 Å². The second kappa shape index (κ2) is 7.70. The number of carbonyl (C=O) groups is 1. The molecule has 1 aromatic carbocycles. The molecule has 0 saturated carbocycles. The average Bonchev–Trinajstić information content (AvgIpc) is 2.80. The van der Waals surface area contributed by atoms with Gasteiger partial charge in [-0.15, -0.1) is 0 Å². The van der Waals surface area contributed by atoms with Crippen LogP contribution < -0.4 is 14.8 Å².